The van der Waals surface area contributed by atoms with E-state index in [1.165, 1.54) is 17.3 Å². The molecule has 4 aromatic rings. The molecule has 2 heterocycles. The molecule has 2 aromatic heterocycles. The molecule has 9 heteroatoms. The van der Waals surface area contributed by atoms with Gasteiger partial charge in [0.1, 0.15) is 0 Å². The highest BCUT2D eigenvalue weighted by molar-refractivity contribution is 7.99. The Hall–Kier alpha value is -3.07. The van der Waals surface area contributed by atoms with E-state index in [1.54, 1.807) is 9.36 Å². The Morgan fingerprint density at radius 1 is 0.750 bits per heavy atom. The van der Waals surface area contributed by atoms with Crippen LogP contribution in [0.1, 0.15) is 43.3 Å². The van der Waals surface area contributed by atoms with Gasteiger partial charge in [0.2, 0.25) is 5.16 Å². The number of thioether (sulfide) groups is 1. The molecule has 0 aliphatic heterocycles. The minimum Gasteiger partial charge on any atom is -0.196 e. The van der Waals surface area contributed by atoms with Crippen LogP contribution in [0, 0.1) is 0 Å². The van der Waals surface area contributed by atoms with Gasteiger partial charge in [0.05, 0.1) is 16.6 Å². The monoisotopic (exact) mass is 392 g/mol. The fourth-order valence-corrected chi connectivity index (χ4v) is 3.72. The molecule has 1 atom stereocenters. The van der Waals surface area contributed by atoms with E-state index in [1.807, 2.05) is 49.4 Å². The first kappa shape index (κ1) is 18.3. The summed E-state index contributed by atoms with van der Waals surface area (Å²) in [4.78, 5) is 0. The molecule has 0 spiro atoms. The van der Waals surface area contributed by atoms with Crippen molar-refractivity contribution in [3.8, 4) is 11.4 Å². The van der Waals surface area contributed by atoms with Gasteiger partial charge < -0.3 is 0 Å². The summed E-state index contributed by atoms with van der Waals surface area (Å²) in [5.74, 6) is 1.22. The standard InChI is InChI=1S/C19H20N8S/c1-13(2)15-9-11-17(12-10-15)27-19(21-23-25-27)28-14(3)18-20-22-24-26(18)16-7-5-4-6-8-16/h4-14H,1-3H3. The van der Waals surface area contributed by atoms with E-state index in [0.29, 0.717) is 11.1 Å². The summed E-state index contributed by atoms with van der Waals surface area (Å²) in [6.07, 6.45) is 0. The molecule has 0 aliphatic carbocycles. The lowest BCUT2D eigenvalue weighted by atomic mass is 10.0. The third-order valence-corrected chi connectivity index (χ3v) is 5.42. The zero-order valence-corrected chi connectivity index (χ0v) is 16.7. The second kappa shape index (κ2) is 7.89. The van der Waals surface area contributed by atoms with Crippen LogP contribution in [-0.2, 0) is 0 Å². The Morgan fingerprint density at radius 2 is 1.39 bits per heavy atom. The van der Waals surface area contributed by atoms with E-state index in [0.717, 1.165) is 17.2 Å². The SMILES string of the molecule is CC(C)c1ccc(-n2nnnc2SC(C)c2nnnn2-c2ccccc2)cc1. The maximum Gasteiger partial charge on any atom is 0.214 e. The molecule has 0 radical (unpaired) electrons. The maximum absolute atomic E-state index is 4.21. The van der Waals surface area contributed by atoms with Crippen LogP contribution >= 0.6 is 11.8 Å². The molecule has 8 nitrogen and oxygen atoms in total. The number of benzene rings is 2. The van der Waals surface area contributed by atoms with Crippen molar-refractivity contribution in [2.24, 2.45) is 0 Å². The molecule has 0 N–H and O–H groups in total. The van der Waals surface area contributed by atoms with Gasteiger partial charge in [-0.3, -0.25) is 0 Å². The van der Waals surface area contributed by atoms with E-state index >= 15 is 0 Å². The molecule has 28 heavy (non-hydrogen) atoms. The number of nitrogens with zero attached hydrogens (tertiary/aromatic N) is 8. The molecular formula is C19H20N8S. The average Bonchev–Trinajstić information content (AvgIpc) is 3.38. The number of tetrazole rings is 2. The van der Waals surface area contributed by atoms with E-state index in [2.05, 4.69) is 57.0 Å². The Balaban J connectivity index is 1.58. The fourth-order valence-electron chi connectivity index (χ4n) is 2.83. The number of para-hydroxylation sites is 1. The first-order valence-electron chi connectivity index (χ1n) is 9.02. The minimum atomic E-state index is -0.0464. The zero-order valence-electron chi connectivity index (χ0n) is 15.8. The third kappa shape index (κ3) is 3.65. The van der Waals surface area contributed by atoms with Gasteiger partial charge in [-0.1, -0.05) is 55.9 Å². The molecule has 1 unspecified atom stereocenters. The molecule has 0 fully saturated rings. The first-order chi connectivity index (χ1) is 13.6. The van der Waals surface area contributed by atoms with Crippen LogP contribution in [0.2, 0.25) is 0 Å². The van der Waals surface area contributed by atoms with Gasteiger partial charge in [-0.2, -0.15) is 9.36 Å². The molecule has 2 aromatic carbocycles. The Kier molecular flexibility index (Phi) is 5.16. The van der Waals surface area contributed by atoms with Crippen molar-refractivity contribution >= 4 is 11.8 Å². The van der Waals surface area contributed by atoms with Gasteiger partial charge >= 0.3 is 0 Å². The first-order valence-corrected chi connectivity index (χ1v) is 9.90. The zero-order chi connectivity index (χ0) is 19.5. The molecule has 0 bridgehead atoms. The summed E-state index contributed by atoms with van der Waals surface area (Å²) in [7, 11) is 0. The molecule has 142 valence electrons. The number of aromatic nitrogens is 8. The topological polar surface area (TPSA) is 87.2 Å². The Morgan fingerprint density at radius 3 is 2.11 bits per heavy atom. The summed E-state index contributed by atoms with van der Waals surface area (Å²) < 4.78 is 3.48. The van der Waals surface area contributed by atoms with E-state index in [4.69, 9.17) is 0 Å². The van der Waals surface area contributed by atoms with Crippen LogP contribution in [0.15, 0.2) is 59.8 Å². The molecule has 0 saturated carbocycles. The van der Waals surface area contributed by atoms with Crippen molar-refractivity contribution in [2.45, 2.75) is 37.1 Å². The fraction of sp³-hybridized carbons (Fsp3) is 0.263. The van der Waals surface area contributed by atoms with Crippen molar-refractivity contribution in [1.82, 2.24) is 40.4 Å². The van der Waals surface area contributed by atoms with Crippen LogP contribution < -0.4 is 0 Å². The molecule has 0 saturated heterocycles. The van der Waals surface area contributed by atoms with Gasteiger partial charge in [0, 0.05) is 0 Å². The normalized spacial score (nSPS) is 12.4. The Bertz CT molecular complexity index is 1040. The van der Waals surface area contributed by atoms with Crippen LogP contribution in [0.25, 0.3) is 11.4 Å². The molecular weight excluding hydrogens is 372 g/mol. The smallest absolute Gasteiger partial charge is 0.196 e. The van der Waals surface area contributed by atoms with Gasteiger partial charge in [-0.05, 0) is 63.5 Å². The molecule has 0 aliphatic rings. The van der Waals surface area contributed by atoms with Crippen molar-refractivity contribution in [2.75, 3.05) is 0 Å². The number of hydrogen-bond donors (Lipinski definition) is 0. The lowest BCUT2D eigenvalue weighted by Crippen LogP contribution is -2.06. The summed E-state index contributed by atoms with van der Waals surface area (Å²) in [5.41, 5.74) is 3.12. The third-order valence-electron chi connectivity index (χ3n) is 4.39. The van der Waals surface area contributed by atoms with Crippen molar-refractivity contribution in [3.05, 3.63) is 66.0 Å². The average molecular weight is 392 g/mol. The number of hydrogen-bond acceptors (Lipinski definition) is 7. The van der Waals surface area contributed by atoms with E-state index in [9.17, 15) is 0 Å². The highest BCUT2D eigenvalue weighted by Gasteiger charge is 2.20. The second-order valence-electron chi connectivity index (χ2n) is 6.66. The maximum atomic E-state index is 4.21. The van der Waals surface area contributed by atoms with Crippen molar-refractivity contribution in [3.63, 3.8) is 0 Å². The van der Waals surface area contributed by atoms with Gasteiger partial charge in [0.25, 0.3) is 0 Å². The van der Waals surface area contributed by atoms with Gasteiger partial charge in [0.15, 0.2) is 5.82 Å². The summed E-state index contributed by atoms with van der Waals surface area (Å²) in [6, 6.07) is 18.1. The van der Waals surface area contributed by atoms with E-state index < -0.39 is 0 Å². The quantitative estimate of drug-likeness (QED) is 0.463. The van der Waals surface area contributed by atoms with Crippen LogP contribution in [-0.4, -0.2) is 40.4 Å². The Labute approximate surface area is 167 Å². The number of rotatable bonds is 6. The van der Waals surface area contributed by atoms with Gasteiger partial charge in [-0.25, -0.2) is 0 Å². The highest BCUT2D eigenvalue weighted by atomic mass is 32.2. The molecule has 0 amide bonds. The summed E-state index contributed by atoms with van der Waals surface area (Å²) >= 11 is 1.51. The highest BCUT2D eigenvalue weighted by Crippen LogP contribution is 2.33. The van der Waals surface area contributed by atoms with Crippen LogP contribution in [0.5, 0.6) is 0 Å². The van der Waals surface area contributed by atoms with Crippen LogP contribution in [0.3, 0.4) is 0 Å². The predicted molar refractivity (Wildman–Crippen MR) is 107 cm³/mol. The largest absolute Gasteiger partial charge is 0.214 e. The minimum absolute atomic E-state index is 0.0464. The lowest BCUT2D eigenvalue weighted by Gasteiger charge is -2.11. The van der Waals surface area contributed by atoms with E-state index in [-0.39, 0.29) is 5.25 Å². The second-order valence-corrected chi connectivity index (χ2v) is 7.97. The lowest BCUT2D eigenvalue weighted by molar-refractivity contribution is 0.746. The summed E-state index contributed by atoms with van der Waals surface area (Å²) in [6.45, 7) is 6.38. The van der Waals surface area contributed by atoms with Gasteiger partial charge in [-0.15, -0.1) is 10.2 Å². The predicted octanol–water partition coefficient (Wildman–Crippen LogP) is 3.61. The van der Waals surface area contributed by atoms with Crippen molar-refractivity contribution < 1.29 is 0 Å². The summed E-state index contributed by atoms with van der Waals surface area (Å²) in [5, 5.41) is 25.0. The van der Waals surface area contributed by atoms with Crippen molar-refractivity contribution in [1.29, 1.82) is 0 Å². The molecule has 4 rings (SSSR count). The van der Waals surface area contributed by atoms with Crippen LogP contribution in [0.4, 0.5) is 0 Å².